The molecule has 1 aromatic heterocycles. The first-order chi connectivity index (χ1) is 21.3. The summed E-state index contributed by atoms with van der Waals surface area (Å²) >= 11 is 0. The number of aromatic amines is 1. The van der Waals surface area contributed by atoms with E-state index in [1.165, 1.54) is 4.90 Å². The number of hydrogen-bond donors (Lipinski definition) is 4. The predicted octanol–water partition coefficient (Wildman–Crippen LogP) is 4.78. The van der Waals surface area contributed by atoms with Gasteiger partial charge in [-0.05, 0) is 54.8 Å². The highest BCUT2D eigenvalue weighted by atomic mass is 16.3. The number of nitrogens with zero attached hydrogens (tertiary/aromatic N) is 2. The zero-order chi connectivity index (χ0) is 30.8. The smallest absolute Gasteiger partial charge is 0.268 e. The fraction of sp³-hybridized carbons (Fsp3) is 0.286. The molecule has 44 heavy (non-hydrogen) atoms. The van der Waals surface area contributed by atoms with Crippen LogP contribution >= 0.6 is 0 Å². The second-order valence-electron chi connectivity index (χ2n) is 11.5. The Hall–Kier alpha value is -4.73. The second-order valence-corrected chi connectivity index (χ2v) is 11.5. The van der Waals surface area contributed by atoms with Crippen LogP contribution in [-0.2, 0) is 26.4 Å². The van der Waals surface area contributed by atoms with E-state index in [0.717, 1.165) is 29.3 Å². The summed E-state index contributed by atoms with van der Waals surface area (Å²) in [5.41, 5.74) is 1.86. The molecule has 9 heteroatoms. The van der Waals surface area contributed by atoms with Gasteiger partial charge in [-0.15, -0.1) is 0 Å². The van der Waals surface area contributed by atoms with Crippen molar-refractivity contribution in [3.63, 3.8) is 0 Å². The first kappa shape index (κ1) is 29.3. The van der Waals surface area contributed by atoms with Crippen molar-refractivity contribution in [1.29, 1.82) is 0 Å². The van der Waals surface area contributed by atoms with Crippen molar-refractivity contribution in [3.8, 4) is 0 Å². The van der Waals surface area contributed by atoms with Crippen molar-refractivity contribution in [3.05, 3.63) is 102 Å². The first-order valence-electron chi connectivity index (χ1n) is 15.0. The van der Waals surface area contributed by atoms with Gasteiger partial charge in [-0.2, -0.15) is 0 Å². The van der Waals surface area contributed by atoms with E-state index in [1.807, 2.05) is 48.7 Å². The van der Waals surface area contributed by atoms with Gasteiger partial charge in [0.15, 0.2) is 5.60 Å². The lowest BCUT2D eigenvalue weighted by Crippen LogP contribution is -2.42. The summed E-state index contributed by atoms with van der Waals surface area (Å²) in [4.78, 5) is 46.3. The topological polar surface area (TPSA) is 126 Å². The lowest BCUT2D eigenvalue weighted by atomic mass is 9.82. The number of aromatic nitrogens is 1. The Morgan fingerprint density at radius 3 is 2.68 bits per heavy atom. The van der Waals surface area contributed by atoms with E-state index >= 15 is 0 Å². The van der Waals surface area contributed by atoms with Crippen LogP contribution in [0.2, 0.25) is 0 Å². The van der Waals surface area contributed by atoms with Gasteiger partial charge in [-0.25, -0.2) is 0 Å². The summed E-state index contributed by atoms with van der Waals surface area (Å²) < 4.78 is 0. The number of H-pyrrole nitrogens is 1. The van der Waals surface area contributed by atoms with Crippen LogP contribution in [0.4, 0.5) is 17.1 Å². The van der Waals surface area contributed by atoms with Gasteiger partial charge in [0.2, 0.25) is 11.8 Å². The molecule has 9 nitrogen and oxygen atoms in total. The molecule has 3 amide bonds. The van der Waals surface area contributed by atoms with Crippen LogP contribution in [0, 0.1) is 5.92 Å². The number of benzene rings is 3. The van der Waals surface area contributed by atoms with Crippen molar-refractivity contribution in [2.24, 2.45) is 5.92 Å². The number of carbonyl (C=O) groups excluding carboxylic acids is 3. The maximum absolute atomic E-state index is 14.0. The molecule has 0 unspecified atom stereocenters. The van der Waals surface area contributed by atoms with Crippen LogP contribution < -0.4 is 10.2 Å². The number of anilines is 3. The standard InChI is InChI=1S/C35H36N4O5/c1-23(9-7-15-33(42)38-18-8-12-27(38)22-40)35(44)29-20-25(16-17-31(29)39(34(35)43)26-10-3-2-4-11-26)37-32(41)19-24-21-36-30-14-6-5-13-28(24)30/h2-7,9-11,13-14,16-17,20-21,23,27,36,40,44H,8,12,15,18-19,22H2,1H3,(H,37,41)/b9-7+/t23-,27+,35+/m1/s1. The van der Waals surface area contributed by atoms with E-state index in [2.05, 4.69) is 10.3 Å². The van der Waals surface area contributed by atoms with E-state index in [4.69, 9.17) is 0 Å². The Morgan fingerprint density at radius 1 is 1.11 bits per heavy atom. The third-order valence-electron chi connectivity index (χ3n) is 8.79. The minimum absolute atomic E-state index is 0.0626. The molecule has 3 aromatic carbocycles. The van der Waals surface area contributed by atoms with Gasteiger partial charge in [0.05, 0.1) is 24.8 Å². The van der Waals surface area contributed by atoms with Gasteiger partial charge in [0.25, 0.3) is 5.91 Å². The molecular formula is C35H36N4O5. The summed E-state index contributed by atoms with van der Waals surface area (Å²) in [6, 6.07) is 21.9. The molecule has 4 aromatic rings. The van der Waals surface area contributed by atoms with E-state index in [9.17, 15) is 24.6 Å². The minimum Gasteiger partial charge on any atom is -0.394 e. The Kier molecular flexibility index (Phi) is 8.07. The highest BCUT2D eigenvalue weighted by Gasteiger charge is 2.53. The highest BCUT2D eigenvalue weighted by molar-refractivity contribution is 6.12. The van der Waals surface area contributed by atoms with Crippen LogP contribution in [0.5, 0.6) is 0 Å². The molecule has 0 radical (unpaired) electrons. The van der Waals surface area contributed by atoms with Gasteiger partial charge in [-0.1, -0.05) is 55.5 Å². The fourth-order valence-corrected chi connectivity index (χ4v) is 6.42. The van der Waals surface area contributed by atoms with E-state index in [1.54, 1.807) is 54.3 Å². The van der Waals surface area contributed by atoms with Crippen LogP contribution in [0.3, 0.4) is 0 Å². The molecule has 0 aliphatic carbocycles. The largest absolute Gasteiger partial charge is 0.394 e. The highest BCUT2D eigenvalue weighted by Crippen LogP contribution is 2.49. The van der Waals surface area contributed by atoms with Gasteiger partial charge in [0, 0.05) is 52.9 Å². The lowest BCUT2D eigenvalue weighted by Gasteiger charge is -2.28. The third-order valence-corrected chi connectivity index (χ3v) is 8.79. The number of fused-ring (bicyclic) bond motifs is 2. The number of rotatable bonds is 9. The second kappa shape index (κ2) is 12.1. The first-order valence-corrected chi connectivity index (χ1v) is 15.0. The molecule has 1 saturated heterocycles. The summed E-state index contributed by atoms with van der Waals surface area (Å²) in [5.74, 6) is -1.53. The van der Waals surface area contributed by atoms with E-state index < -0.39 is 17.4 Å². The summed E-state index contributed by atoms with van der Waals surface area (Å²) in [6.07, 6.45) is 7.10. The molecule has 226 valence electrons. The van der Waals surface area contributed by atoms with Crippen molar-refractivity contribution in [1.82, 2.24) is 9.88 Å². The zero-order valence-corrected chi connectivity index (χ0v) is 24.6. The number of aliphatic hydroxyl groups excluding tert-OH is 1. The number of hydrogen-bond acceptors (Lipinski definition) is 5. The van der Waals surface area contributed by atoms with Crippen molar-refractivity contribution >= 4 is 45.7 Å². The molecule has 3 heterocycles. The molecule has 0 bridgehead atoms. The van der Waals surface area contributed by atoms with Gasteiger partial charge in [0.1, 0.15) is 0 Å². The number of para-hydroxylation sites is 2. The fourth-order valence-electron chi connectivity index (χ4n) is 6.42. The van der Waals surface area contributed by atoms with Crippen LogP contribution in [0.1, 0.15) is 37.3 Å². The molecular weight excluding hydrogens is 556 g/mol. The molecule has 6 rings (SSSR count). The Bertz CT molecular complexity index is 1730. The maximum atomic E-state index is 14.0. The summed E-state index contributed by atoms with van der Waals surface area (Å²) in [6.45, 7) is 2.29. The Balaban J connectivity index is 1.26. The van der Waals surface area contributed by atoms with Gasteiger partial charge >= 0.3 is 0 Å². The Morgan fingerprint density at radius 2 is 1.89 bits per heavy atom. The molecule has 4 N–H and O–H groups in total. The molecule has 0 spiro atoms. The molecule has 3 atom stereocenters. The molecule has 2 aliphatic heterocycles. The third kappa shape index (κ3) is 5.29. The Labute approximate surface area is 255 Å². The average molecular weight is 593 g/mol. The average Bonchev–Trinajstić information content (AvgIpc) is 3.74. The van der Waals surface area contributed by atoms with Gasteiger partial charge < -0.3 is 25.4 Å². The quantitative estimate of drug-likeness (QED) is 0.208. The van der Waals surface area contributed by atoms with Crippen molar-refractivity contribution in [2.75, 3.05) is 23.4 Å². The predicted molar refractivity (Wildman–Crippen MR) is 169 cm³/mol. The molecule has 1 fully saturated rings. The number of carbonyl (C=O) groups is 3. The normalized spacial score (nSPS) is 20.4. The van der Waals surface area contributed by atoms with Crippen LogP contribution in [-0.4, -0.2) is 57.0 Å². The molecule has 0 saturated carbocycles. The summed E-state index contributed by atoms with van der Waals surface area (Å²) in [7, 11) is 0. The van der Waals surface area contributed by atoms with E-state index in [0.29, 0.717) is 29.2 Å². The maximum Gasteiger partial charge on any atom is 0.268 e. The van der Waals surface area contributed by atoms with Gasteiger partial charge in [-0.3, -0.25) is 19.3 Å². The number of amides is 3. The van der Waals surface area contributed by atoms with Crippen molar-refractivity contribution < 1.29 is 24.6 Å². The minimum atomic E-state index is -1.94. The zero-order valence-electron chi connectivity index (χ0n) is 24.6. The lowest BCUT2D eigenvalue weighted by molar-refractivity contribution is -0.138. The van der Waals surface area contributed by atoms with Crippen LogP contribution in [0.15, 0.2) is 91.1 Å². The molecule has 2 aliphatic rings. The monoisotopic (exact) mass is 592 g/mol. The number of nitrogens with one attached hydrogen (secondary N) is 2. The van der Waals surface area contributed by atoms with Crippen LogP contribution in [0.25, 0.3) is 10.9 Å². The SMILES string of the molecule is C[C@H](/C=C/CC(=O)N1CCC[C@H]1CO)[C@@]1(O)C(=O)N(c2ccccc2)c2ccc(NC(=O)Cc3c[nH]c4ccccc34)cc21. The number of aliphatic hydroxyl groups is 2. The number of likely N-dealkylation sites (tertiary alicyclic amines) is 1. The summed E-state index contributed by atoms with van der Waals surface area (Å²) in [5, 5.41) is 25.7. The van der Waals surface area contributed by atoms with E-state index in [-0.39, 0.29) is 37.3 Å². The van der Waals surface area contributed by atoms with Crippen molar-refractivity contribution in [2.45, 2.75) is 44.2 Å².